The number of pyridine rings is 1. The molecule has 0 fully saturated rings. The number of esters is 1. The molecule has 0 N–H and O–H groups in total. The quantitative estimate of drug-likeness (QED) is 0.612. The highest BCUT2D eigenvalue weighted by Crippen LogP contribution is 2.19. The van der Waals surface area contributed by atoms with Crippen LogP contribution in [0.3, 0.4) is 0 Å². The van der Waals surface area contributed by atoms with Gasteiger partial charge in [0.1, 0.15) is 11.2 Å². The molecule has 0 radical (unpaired) electrons. The third-order valence-electron chi connectivity index (χ3n) is 2.59. The summed E-state index contributed by atoms with van der Waals surface area (Å²) in [6.07, 6.45) is 3.15. The molecule has 2 rings (SSSR count). The maximum absolute atomic E-state index is 11.5. The molecule has 1 aromatic heterocycles. The molecule has 1 aliphatic heterocycles. The first-order valence-corrected chi connectivity index (χ1v) is 5.93. The molecule has 17 heavy (non-hydrogen) atoms. The van der Waals surface area contributed by atoms with Gasteiger partial charge in [-0.25, -0.2) is 9.78 Å². The third kappa shape index (κ3) is 2.82. The van der Waals surface area contributed by atoms with Crippen molar-refractivity contribution in [3.8, 4) is 0 Å². The highest BCUT2D eigenvalue weighted by atomic mass is 35.5. The molecule has 0 amide bonds. The molecule has 90 valence electrons. The largest absolute Gasteiger partial charge is 0.464 e. The van der Waals surface area contributed by atoms with Crippen LogP contribution in [-0.2, 0) is 9.53 Å². The summed E-state index contributed by atoms with van der Waals surface area (Å²) in [6.45, 7) is 2.18. The van der Waals surface area contributed by atoms with Gasteiger partial charge in [0.2, 0.25) is 0 Å². The molecule has 1 unspecified atom stereocenters. The fourth-order valence-electron chi connectivity index (χ4n) is 1.77. The van der Waals surface area contributed by atoms with Crippen LogP contribution in [0.15, 0.2) is 23.3 Å². The molecule has 0 spiro atoms. The highest BCUT2D eigenvalue weighted by Gasteiger charge is 2.25. The second-order valence-electron chi connectivity index (χ2n) is 3.75. The van der Waals surface area contributed by atoms with Crippen molar-refractivity contribution in [3.05, 3.63) is 29.0 Å². The standard InChI is InChI=1S/C12H13ClN2O2/c1-2-17-12(16)10-5-4-9(15-10)8-3-6-11(13)14-7-8/h3,6-7,10H,2,4-5H2,1H3. The number of aromatic nitrogens is 1. The summed E-state index contributed by atoms with van der Waals surface area (Å²) >= 11 is 5.71. The molecule has 4 nitrogen and oxygen atoms in total. The lowest BCUT2D eigenvalue weighted by atomic mass is 10.1. The maximum Gasteiger partial charge on any atom is 0.330 e. The van der Waals surface area contributed by atoms with Crippen LogP contribution in [0.2, 0.25) is 5.15 Å². The predicted octanol–water partition coefficient (Wildman–Crippen LogP) is 2.25. The minimum absolute atomic E-state index is 0.246. The highest BCUT2D eigenvalue weighted by molar-refractivity contribution is 6.29. The average molecular weight is 253 g/mol. The maximum atomic E-state index is 11.5. The second kappa shape index (κ2) is 5.27. The number of hydrogen-bond acceptors (Lipinski definition) is 4. The zero-order chi connectivity index (χ0) is 12.3. The summed E-state index contributed by atoms with van der Waals surface area (Å²) < 4.78 is 4.95. The van der Waals surface area contributed by atoms with Crippen LogP contribution < -0.4 is 0 Å². The summed E-state index contributed by atoms with van der Waals surface area (Å²) in [5.41, 5.74) is 1.81. The Balaban J connectivity index is 2.11. The van der Waals surface area contributed by atoms with Crippen LogP contribution in [0.25, 0.3) is 0 Å². The van der Waals surface area contributed by atoms with Crippen molar-refractivity contribution >= 4 is 23.3 Å². The number of carbonyl (C=O) groups excluding carboxylic acids is 1. The van der Waals surface area contributed by atoms with E-state index in [2.05, 4.69) is 9.98 Å². The predicted molar refractivity (Wildman–Crippen MR) is 65.4 cm³/mol. The van der Waals surface area contributed by atoms with Crippen LogP contribution in [0.4, 0.5) is 0 Å². The van der Waals surface area contributed by atoms with Crippen molar-refractivity contribution in [2.45, 2.75) is 25.8 Å². The zero-order valence-electron chi connectivity index (χ0n) is 9.52. The molecule has 0 aliphatic carbocycles. The SMILES string of the molecule is CCOC(=O)C1CCC(c2ccc(Cl)nc2)=N1. The van der Waals surface area contributed by atoms with E-state index in [4.69, 9.17) is 16.3 Å². The van der Waals surface area contributed by atoms with Gasteiger partial charge in [-0.15, -0.1) is 0 Å². The van der Waals surface area contributed by atoms with E-state index in [1.165, 1.54) is 0 Å². The first kappa shape index (κ1) is 12.0. The smallest absolute Gasteiger partial charge is 0.330 e. The average Bonchev–Trinajstić information content (AvgIpc) is 2.80. The summed E-state index contributed by atoms with van der Waals surface area (Å²) in [5.74, 6) is -0.246. The molecule has 1 aliphatic rings. The van der Waals surface area contributed by atoms with E-state index in [1.807, 2.05) is 6.07 Å². The molecule has 0 aromatic carbocycles. The molecule has 2 heterocycles. The Bertz CT molecular complexity index is 442. The number of rotatable bonds is 3. The molecule has 5 heteroatoms. The van der Waals surface area contributed by atoms with Gasteiger partial charge in [-0.05, 0) is 31.9 Å². The normalized spacial score (nSPS) is 18.9. The molecule has 0 saturated carbocycles. The first-order valence-electron chi connectivity index (χ1n) is 5.56. The Labute approximate surface area is 105 Å². The fourth-order valence-corrected chi connectivity index (χ4v) is 1.88. The summed E-state index contributed by atoms with van der Waals surface area (Å²) in [4.78, 5) is 19.9. The number of nitrogens with zero attached hydrogens (tertiary/aromatic N) is 2. The molecule has 1 aromatic rings. The number of carbonyl (C=O) groups is 1. The van der Waals surface area contributed by atoms with Crippen LogP contribution in [-0.4, -0.2) is 29.3 Å². The Morgan fingerprint density at radius 3 is 3.06 bits per heavy atom. The van der Waals surface area contributed by atoms with Crippen molar-refractivity contribution in [1.82, 2.24) is 4.98 Å². The number of halogens is 1. The van der Waals surface area contributed by atoms with E-state index in [0.717, 1.165) is 17.7 Å². The van der Waals surface area contributed by atoms with Crippen molar-refractivity contribution in [2.24, 2.45) is 4.99 Å². The summed E-state index contributed by atoms with van der Waals surface area (Å²) in [6, 6.07) is 3.22. The Kier molecular flexibility index (Phi) is 3.74. The van der Waals surface area contributed by atoms with E-state index < -0.39 is 0 Å². The van der Waals surface area contributed by atoms with Crippen molar-refractivity contribution in [3.63, 3.8) is 0 Å². The van der Waals surface area contributed by atoms with Gasteiger partial charge >= 0.3 is 5.97 Å². The van der Waals surface area contributed by atoms with Gasteiger partial charge in [-0.3, -0.25) is 4.99 Å². The van der Waals surface area contributed by atoms with Gasteiger partial charge < -0.3 is 4.74 Å². The van der Waals surface area contributed by atoms with Gasteiger partial charge in [0.05, 0.1) is 6.61 Å². The second-order valence-corrected chi connectivity index (χ2v) is 4.14. The molecular weight excluding hydrogens is 240 g/mol. The van der Waals surface area contributed by atoms with Crippen molar-refractivity contribution in [2.75, 3.05) is 6.61 Å². The number of ether oxygens (including phenoxy) is 1. The van der Waals surface area contributed by atoms with Gasteiger partial charge in [-0.1, -0.05) is 11.6 Å². The Morgan fingerprint density at radius 1 is 1.59 bits per heavy atom. The van der Waals surface area contributed by atoms with E-state index in [0.29, 0.717) is 18.2 Å². The van der Waals surface area contributed by atoms with Crippen molar-refractivity contribution in [1.29, 1.82) is 0 Å². The topological polar surface area (TPSA) is 51.5 Å². The lowest BCUT2D eigenvalue weighted by Gasteiger charge is -2.04. The van der Waals surface area contributed by atoms with Crippen LogP contribution in [0, 0.1) is 0 Å². The molecule has 0 bridgehead atoms. The minimum atomic E-state index is -0.361. The van der Waals surface area contributed by atoms with E-state index in [1.54, 1.807) is 19.2 Å². The fraction of sp³-hybridized carbons (Fsp3) is 0.417. The van der Waals surface area contributed by atoms with Crippen LogP contribution in [0.5, 0.6) is 0 Å². The monoisotopic (exact) mass is 252 g/mol. The molecule has 0 saturated heterocycles. The zero-order valence-corrected chi connectivity index (χ0v) is 10.3. The Morgan fingerprint density at radius 2 is 2.41 bits per heavy atom. The van der Waals surface area contributed by atoms with Gasteiger partial charge in [0.15, 0.2) is 0 Å². The summed E-state index contributed by atoms with van der Waals surface area (Å²) in [5, 5.41) is 0.453. The third-order valence-corrected chi connectivity index (χ3v) is 2.81. The van der Waals surface area contributed by atoms with Crippen LogP contribution >= 0.6 is 11.6 Å². The lowest BCUT2D eigenvalue weighted by Crippen LogP contribution is -2.18. The lowest BCUT2D eigenvalue weighted by molar-refractivity contribution is -0.144. The van der Waals surface area contributed by atoms with Gasteiger partial charge in [-0.2, -0.15) is 0 Å². The van der Waals surface area contributed by atoms with E-state index in [9.17, 15) is 4.79 Å². The summed E-state index contributed by atoms with van der Waals surface area (Å²) in [7, 11) is 0. The number of hydrogen-bond donors (Lipinski definition) is 0. The number of aliphatic imine (C=N–C) groups is 1. The molecule has 1 atom stereocenters. The van der Waals surface area contributed by atoms with Crippen molar-refractivity contribution < 1.29 is 9.53 Å². The molecular formula is C12H13ClN2O2. The minimum Gasteiger partial charge on any atom is -0.464 e. The Hall–Kier alpha value is -1.42. The van der Waals surface area contributed by atoms with Crippen LogP contribution in [0.1, 0.15) is 25.3 Å². The van der Waals surface area contributed by atoms with Gasteiger partial charge in [0, 0.05) is 17.5 Å². The van der Waals surface area contributed by atoms with E-state index >= 15 is 0 Å². The first-order chi connectivity index (χ1) is 8.20. The van der Waals surface area contributed by atoms with E-state index in [-0.39, 0.29) is 12.0 Å². The van der Waals surface area contributed by atoms with Gasteiger partial charge in [0.25, 0.3) is 0 Å².